The third-order valence-electron chi connectivity index (χ3n) is 4.02. The number of halogens is 3. The maximum absolute atomic E-state index is 12.8. The highest BCUT2D eigenvalue weighted by atomic mass is 35.5. The maximum atomic E-state index is 12.8. The van der Waals surface area contributed by atoms with Gasteiger partial charge >= 0.3 is 6.61 Å². The van der Waals surface area contributed by atoms with Crippen LogP contribution in [-0.2, 0) is 10.0 Å². The smallest absolute Gasteiger partial charge is 0.387 e. The number of alkyl halides is 2. The Morgan fingerprint density at radius 2 is 1.87 bits per heavy atom. The van der Waals surface area contributed by atoms with Crippen molar-refractivity contribution in [2.75, 3.05) is 0 Å². The zero-order valence-electron chi connectivity index (χ0n) is 15.8. The lowest BCUT2D eigenvalue weighted by Crippen LogP contribution is -2.32. The topological polar surface area (TPSA) is 107 Å². The molecule has 160 valence electrons. The van der Waals surface area contributed by atoms with E-state index in [1.54, 1.807) is 38.4 Å². The van der Waals surface area contributed by atoms with Crippen molar-refractivity contribution in [1.29, 1.82) is 0 Å². The van der Waals surface area contributed by atoms with Crippen LogP contribution in [0.3, 0.4) is 0 Å². The number of ether oxygens (including phenoxy) is 1. The van der Waals surface area contributed by atoms with Gasteiger partial charge in [0.15, 0.2) is 0 Å². The van der Waals surface area contributed by atoms with Crippen LogP contribution in [0.1, 0.15) is 25.8 Å². The highest BCUT2D eigenvalue weighted by Gasteiger charge is 2.29. The fourth-order valence-electron chi connectivity index (χ4n) is 2.53. The van der Waals surface area contributed by atoms with Crippen molar-refractivity contribution in [1.82, 2.24) is 19.8 Å². The van der Waals surface area contributed by atoms with Crippen molar-refractivity contribution in [3.63, 3.8) is 0 Å². The Hall–Kier alpha value is -2.63. The Morgan fingerprint density at radius 1 is 1.17 bits per heavy atom. The average Bonchev–Trinajstić information content (AvgIpc) is 3.17. The Kier molecular flexibility index (Phi) is 6.64. The predicted octanol–water partition coefficient (Wildman–Crippen LogP) is 4.06. The number of nitrogens with one attached hydrogen (secondary N) is 1. The van der Waals surface area contributed by atoms with Gasteiger partial charge in [-0.2, -0.15) is 18.5 Å². The van der Waals surface area contributed by atoms with Crippen molar-refractivity contribution in [3.8, 4) is 17.1 Å². The van der Waals surface area contributed by atoms with E-state index in [4.69, 9.17) is 16.1 Å². The molecule has 0 bridgehead atoms. The van der Waals surface area contributed by atoms with Gasteiger partial charge in [-0.3, -0.25) is 4.98 Å². The molecule has 2 aromatic heterocycles. The molecule has 0 aliphatic rings. The van der Waals surface area contributed by atoms with Crippen LogP contribution in [0.2, 0.25) is 5.02 Å². The zero-order chi connectivity index (χ0) is 21.9. The Morgan fingerprint density at radius 3 is 2.47 bits per heavy atom. The summed E-state index contributed by atoms with van der Waals surface area (Å²) in [6.07, 6.45) is 3.14. The minimum atomic E-state index is -4.09. The molecule has 0 aliphatic carbocycles. The second kappa shape index (κ2) is 9.02. The largest absolute Gasteiger partial charge is 0.433 e. The first kappa shape index (κ1) is 22.1. The number of nitrogens with zero attached hydrogens (tertiary/aromatic N) is 3. The van der Waals surface area contributed by atoms with Crippen LogP contribution in [0.5, 0.6) is 5.75 Å². The number of hydrogen-bond acceptors (Lipinski definition) is 7. The quantitative estimate of drug-likeness (QED) is 0.542. The summed E-state index contributed by atoms with van der Waals surface area (Å²) >= 11 is 5.87. The van der Waals surface area contributed by atoms with Crippen molar-refractivity contribution >= 4 is 21.6 Å². The summed E-state index contributed by atoms with van der Waals surface area (Å²) in [6, 6.07) is 5.73. The summed E-state index contributed by atoms with van der Waals surface area (Å²) in [5.41, 5.74) is 0.659. The van der Waals surface area contributed by atoms with Crippen LogP contribution in [0, 0.1) is 5.92 Å². The molecule has 1 N–H and O–H groups in total. The number of pyridine rings is 1. The molecule has 0 aliphatic heterocycles. The molecule has 0 radical (unpaired) electrons. The van der Waals surface area contributed by atoms with E-state index in [1.165, 1.54) is 0 Å². The summed E-state index contributed by atoms with van der Waals surface area (Å²) in [7, 11) is -4.09. The van der Waals surface area contributed by atoms with Gasteiger partial charge in [-0.1, -0.05) is 30.6 Å². The lowest BCUT2D eigenvalue weighted by atomic mass is 10.1. The average molecular weight is 459 g/mol. The molecule has 3 rings (SSSR count). The summed E-state index contributed by atoms with van der Waals surface area (Å²) in [4.78, 5) is 7.97. The van der Waals surface area contributed by atoms with E-state index in [-0.39, 0.29) is 33.3 Å². The van der Waals surface area contributed by atoms with Gasteiger partial charge in [-0.15, -0.1) is 0 Å². The van der Waals surface area contributed by atoms with E-state index in [2.05, 4.69) is 24.6 Å². The molecule has 30 heavy (non-hydrogen) atoms. The molecule has 0 saturated heterocycles. The first-order chi connectivity index (χ1) is 14.2. The van der Waals surface area contributed by atoms with Gasteiger partial charge in [-0.05, 0) is 36.2 Å². The first-order valence-electron chi connectivity index (χ1n) is 8.68. The first-order valence-corrected chi connectivity index (χ1v) is 10.5. The molecule has 1 aromatic carbocycles. The van der Waals surface area contributed by atoms with Gasteiger partial charge < -0.3 is 9.26 Å². The second-order valence-electron chi connectivity index (χ2n) is 6.51. The van der Waals surface area contributed by atoms with E-state index < -0.39 is 22.7 Å². The van der Waals surface area contributed by atoms with E-state index >= 15 is 0 Å². The summed E-state index contributed by atoms with van der Waals surface area (Å²) < 4.78 is 62.4. The zero-order valence-corrected chi connectivity index (χ0v) is 17.4. The molecule has 1 atom stereocenters. The van der Waals surface area contributed by atoms with E-state index in [9.17, 15) is 17.2 Å². The van der Waals surface area contributed by atoms with Crippen molar-refractivity contribution in [2.45, 2.75) is 31.4 Å². The SMILES string of the molecule is CC(C)[C@H](NS(=O)(=O)c1ccc(OC(F)F)c(Cl)c1)c1nc(-c2ccncc2)no1. The van der Waals surface area contributed by atoms with Crippen LogP contribution in [0.15, 0.2) is 52.1 Å². The third-order valence-corrected chi connectivity index (χ3v) is 5.76. The van der Waals surface area contributed by atoms with Gasteiger partial charge in [0.05, 0.1) is 9.92 Å². The van der Waals surface area contributed by atoms with Crippen molar-refractivity contribution in [3.05, 3.63) is 53.6 Å². The highest BCUT2D eigenvalue weighted by Crippen LogP contribution is 2.30. The third kappa shape index (κ3) is 5.10. The van der Waals surface area contributed by atoms with Crippen LogP contribution in [0.4, 0.5) is 8.78 Å². The lowest BCUT2D eigenvalue weighted by Gasteiger charge is -2.19. The molecule has 0 amide bonds. The van der Waals surface area contributed by atoms with Crippen molar-refractivity contribution in [2.24, 2.45) is 5.92 Å². The van der Waals surface area contributed by atoms with Crippen LogP contribution >= 0.6 is 11.6 Å². The standard InChI is InChI=1S/C18H17ClF2N4O4S/c1-10(2)15(17-23-16(24-29-17)11-5-7-22-8-6-11)25-30(26,27)12-3-4-14(13(19)9-12)28-18(20)21/h3-10,15,18,25H,1-2H3/t15-/m0/s1. The van der Waals surface area contributed by atoms with E-state index in [1.807, 2.05) is 0 Å². The minimum absolute atomic E-state index is 0.0733. The fraction of sp³-hybridized carbons (Fsp3) is 0.278. The Bertz CT molecular complexity index is 1110. The van der Waals surface area contributed by atoms with Gasteiger partial charge in [-0.25, -0.2) is 8.42 Å². The number of aromatic nitrogens is 3. The second-order valence-corrected chi connectivity index (χ2v) is 8.63. The van der Waals surface area contributed by atoms with Crippen molar-refractivity contribution < 1.29 is 26.5 Å². The molecule has 0 fully saturated rings. The Labute approximate surface area is 176 Å². The normalized spacial score (nSPS) is 13.0. The molecule has 0 unspecified atom stereocenters. The van der Waals surface area contributed by atoms with E-state index in [0.717, 1.165) is 18.2 Å². The molecule has 8 nitrogen and oxygen atoms in total. The summed E-state index contributed by atoms with van der Waals surface area (Å²) in [6.45, 7) is 0.465. The number of benzene rings is 1. The van der Waals surface area contributed by atoms with Gasteiger partial charge in [0.2, 0.25) is 21.7 Å². The highest BCUT2D eigenvalue weighted by molar-refractivity contribution is 7.89. The minimum Gasteiger partial charge on any atom is -0.433 e. The lowest BCUT2D eigenvalue weighted by molar-refractivity contribution is -0.0498. The molecular formula is C18H17ClF2N4O4S. The molecule has 0 spiro atoms. The predicted molar refractivity (Wildman–Crippen MR) is 104 cm³/mol. The number of hydrogen-bond donors (Lipinski definition) is 1. The maximum Gasteiger partial charge on any atom is 0.387 e. The number of sulfonamides is 1. The monoisotopic (exact) mass is 458 g/mol. The fourth-order valence-corrected chi connectivity index (χ4v) is 4.18. The molecular weight excluding hydrogens is 442 g/mol. The van der Waals surface area contributed by atoms with Crippen LogP contribution < -0.4 is 9.46 Å². The van der Waals surface area contributed by atoms with E-state index in [0.29, 0.717) is 5.56 Å². The summed E-state index contributed by atoms with van der Waals surface area (Å²) in [5.74, 6) is -0.217. The summed E-state index contributed by atoms with van der Waals surface area (Å²) in [5, 5.41) is 3.62. The number of rotatable bonds is 8. The molecule has 2 heterocycles. The van der Waals surface area contributed by atoms with Crippen LogP contribution in [-0.4, -0.2) is 30.2 Å². The molecule has 12 heteroatoms. The van der Waals surface area contributed by atoms with Gasteiger partial charge in [0, 0.05) is 18.0 Å². The van der Waals surface area contributed by atoms with Crippen LogP contribution in [0.25, 0.3) is 11.4 Å². The van der Waals surface area contributed by atoms with Gasteiger partial charge in [0.25, 0.3) is 0 Å². The Balaban J connectivity index is 1.86. The molecule has 3 aromatic rings. The van der Waals surface area contributed by atoms with Gasteiger partial charge in [0.1, 0.15) is 11.8 Å². The molecule has 0 saturated carbocycles.